The van der Waals surface area contributed by atoms with Gasteiger partial charge < -0.3 is 0 Å². The van der Waals surface area contributed by atoms with Crippen LogP contribution in [0.1, 0.15) is 0 Å². The number of halogens is 1. The van der Waals surface area contributed by atoms with Crippen LogP contribution in [0.4, 0.5) is 4.20 Å². The summed E-state index contributed by atoms with van der Waals surface area (Å²) >= 11 is 0. The van der Waals surface area contributed by atoms with Crippen LogP contribution >= 0.6 is 8.25 Å². The van der Waals surface area contributed by atoms with E-state index in [2.05, 4.69) is 13.6 Å². The molecule has 78 valence electrons. The van der Waals surface area contributed by atoms with Crippen LogP contribution in [0.2, 0.25) is 0 Å². The van der Waals surface area contributed by atoms with Gasteiger partial charge in [0.2, 0.25) is 0 Å². The van der Waals surface area contributed by atoms with E-state index in [1.807, 2.05) is 0 Å². The van der Waals surface area contributed by atoms with Gasteiger partial charge in [0, 0.05) is 0 Å². The molecule has 0 aromatic heterocycles. The van der Waals surface area contributed by atoms with Crippen molar-refractivity contribution in [1.29, 1.82) is 0 Å². The Bertz CT molecular complexity index is 320. The van der Waals surface area contributed by atoms with Crippen molar-refractivity contribution < 1.29 is 42.1 Å². The summed E-state index contributed by atoms with van der Waals surface area (Å²) in [5.41, 5.74) is 0. The first-order chi connectivity index (χ1) is 6.34. The SMILES string of the molecule is O=C(O)C(=O)O[PH]1(F)OC(=O)C(=O)O1. The van der Waals surface area contributed by atoms with Crippen LogP contribution in [0.15, 0.2) is 0 Å². The summed E-state index contributed by atoms with van der Waals surface area (Å²) in [7, 11) is -5.27. The topological polar surface area (TPSA) is 116 Å². The summed E-state index contributed by atoms with van der Waals surface area (Å²) in [5, 5.41) is 7.99. The molecule has 0 saturated carbocycles. The monoisotopic (exact) mass is 228 g/mol. The number of hydrogen-bond acceptors (Lipinski definition) is 7. The van der Waals surface area contributed by atoms with Gasteiger partial charge in [-0.05, 0) is 0 Å². The van der Waals surface area contributed by atoms with E-state index >= 15 is 0 Å². The maximum atomic E-state index is 13.0. The fraction of sp³-hybridized carbons (Fsp3) is 0. The molecule has 0 unspecified atom stereocenters. The fourth-order valence-electron chi connectivity index (χ4n) is 0.522. The van der Waals surface area contributed by atoms with Crippen LogP contribution < -0.4 is 0 Å². The van der Waals surface area contributed by atoms with E-state index in [-0.39, 0.29) is 0 Å². The van der Waals surface area contributed by atoms with Gasteiger partial charge in [-0.1, -0.05) is 0 Å². The molecule has 0 aliphatic carbocycles. The second kappa shape index (κ2) is 3.18. The molecule has 0 amide bonds. The van der Waals surface area contributed by atoms with Gasteiger partial charge >= 0.3 is 74.2 Å². The van der Waals surface area contributed by atoms with Crippen molar-refractivity contribution in [3.05, 3.63) is 0 Å². The van der Waals surface area contributed by atoms with Gasteiger partial charge in [0.1, 0.15) is 0 Å². The number of carboxylic acid groups (broad SMARTS) is 1. The van der Waals surface area contributed by atoms with Crippen LogP contribution in [0.3, 0.4) is 0 Å². The average Bonchev–Trinajstić information content (AvgIpc) is 2.25. The van der Waals surface area contributed by atoms with Gasteiger partial charge in [0.25, 0.3) is 0 Å². The molecule has 1 aliphatic rings. The average molecular weight is 228 g/mol. The molecule has 0 aromatic rings. The summed E-state index contributed by atoms with van der Waals surface area (Å²) in [5.74, 6) is -7.45. The second-order valence-electron chi connectivity index (χ2n) is 1.96. The number of carboxylic acids is 1. The molecule has 1 saturated heterocycles. The van der Waals surface area contributed by atoms with Crippen LogP contribution in [0.25, 0.3) is 0 Å². The Labute approximate surface area is 75.2 Å². The number of carbonyl (C=O) groups excluding carboxylic acids is 3. The van der Waals surface area contributed by atoms with Crippen LogP contribution in [-0.2, 0) is 32.7 Å². The number of hydrogen-bond donors (Lipinski definition) is 1. The van der Waals surface area contributed by atoms with E-state index < -0.39 is 32.1 Å². The molecule has 14 heavy (non-hydrogen) atoms. The molecule has 0 spiro atoms. The quantitative estimate of drug-likeness (QED) is 0.453. The molecule has 1 fully saturated rings. The van der Waals surface area contributed by atoms with Gasteiger partial charge in [-0.15, -0.1) is 0 Å². The minimum atomic E-state index is -5.27. The van der Waals surface area contributed by atoms with E-state index in [0.29, 0.717) is 0 Å². The zero-order valence-corrected chi connectivity index (χ0v) is 7.18. The van der Waals surface area contributed by atoms with Crippen LogP contribution in [-0.4, -0.2) is 29.0 Å². The molecular formula is C4H2FO8P. The van der Waals surface area contributed by atoms with E-state index in [4.69, 9.17) is 5.11 Å². The number of carbonyl (C=O) groups is 4. The van der Waals surface area contributed by atoms with E-state index in [1.165, 1.54) is 0 Å². The fourth-order valence-corrected chi connectivity index (χ4v) is 1.56. The molecule has 1 N–H and O–H groups in total. The summed E-state index contributed by atoms with van der Waals surface area (Å²) in [6.07, 6.45) is 0. The van der Waals surface area contributed by atoms with Crippen LogP contribution in [0.5, 0.6) is 0 Å². The predicted molar refractivity (Wildman–Crippen MR) is 35.3 cm³/mol. The Balaban J connectivity index is 2.70. The molecule has 0 radical (unpaired) electrons. The molecule has 8 nitrogen and oxygen atoms in total. The van der Waals surface area contributed by atoms with Gasteiger partial charge in [0.15, 0.2) is 0 Å². The molecule has 1 rings (SSSR count). The second-order valence-corrected chi connectivity index (χ2v) is 3.53. The van der Waals surface area contributed by atoms with Crippen molar-refractivity contribution in [3.63, 3.8) is 0 Å². The molecule has 1 aliphatic heterocycles. The number of rotatable bonds is 1. The van der Waals surface area contributed by atoms with Crippen molar-refractivity contribution in [2.24, 2.45) is 0 Å². The van der Waals surface area contributed by atoms with Crippen molar-refractivity contribution in [2.75, 3.05) is 0 Å². The van der Waals surface area contributed by atoms with Gasteiger partial charge in [-0.2, -0.15) is 0 Å². The van der Waals surface area contributed by atoms with Gasteiger partial charge in [0.05, 0.1) is 0 Å². The third-order valence-electron chi connectivity index (χ3n) is 0.985. The van der Waals surface area contributed by atoms with Crippen molar-refractivity contribution >= 4 is 32.1 Å². The predicted octanol–water partition coefficient (Wildman–Crippen LogP) is -0.906. The Morgan fingerprint density at radius 2 is 1.71 bits per heavy atom. The van der Waals surface area contributed by atoms with Crippen molar-refractivity contribution in [3.8, 4) is 0 Å². The molecule has 0 aromatic carbocycles. The first-order valence-corrected chi connectivity index (χ1v) is 4.56. The van der Waals surface area contributed by atoms with Crippen LogP contribution in [0, 0.1) is 0 Å². The minimum absolute atomic E-state index is 1.67. The zero-order chi connectivity index (χ0) is 10.9. The first kappa shape index (κ1) is 10.3. The van der Waals surface area contributed by atoms with E-state index in [0.717, 1.165) is 0 Å². The standard InChI is InChI=1S/C4H2FO8P/c5-14(11-2(8)1(6)7)12-3(9)4(10)13-14/h14H,(H,6,7). The van der Waals surface area contributed by atoms with Gasteiger partial charge in [-0.3, -0.25) is 0 Å². The third kappa shape index (κ3) is 1.94. The molecule has 1 heterocycles. The van der Waals surface area contributed by atoms with E-state index in [9.17, 15) is 23.4 Å². The Morgan fingerprint density at radius 3 is 2.07 bits per heavy atom. The summed E-state index contributed by atoms with van der Waals surface area (Å²) in [6, 6.07) is 0. The van der Waals surface area contributed by atoms with E-state index in [1.54, 1.807) is 0 Å². The number of aliphatic carboxylic acids is 1. The molecule has 10 heteroatoms. The Hall–Kier alpha value is -1.76. The first-order valence-electron chi connectivity index (χ1n) is 2.95. The van der Waals surface area contributed by atoms with Gasteiger partial charge in [-0.25, -0.2) is 0 Å². The molecular weight excluding hydrogens is 226 g/mol. The summed E-state index contributed by atoms with van der Waals surface area (Å²) < 4.78 is 23.8. The van der Waals surface area contributed by atoms with Crippen molar-refractivity contribution in [2.45, 2.75) is 0 Å². The molecule has 0 atom stereocenters. The normalized spacial score (nSPS) is 20.6. The Morgan fingerprint density at radius 1 is 1.29 bits per heavy atom. The molecule has 0 bridgehead atoms. The zero-order valence-electron chi connectivity index (χ0n) is 6.18. The Kier molecular flexibility index (Phi) is 2.35. The maximum absolute atomic E-state index is 13.0. The summed E-state index contributed by atoms with van der Waals surface area (Å²) in [4.78, 5) is 40.8. The summed E-state index contributed by atoms with van der Waals surface area (Å²) in [6.45, 7) is 0. The third-order valence-corrected chi connectivity index (χ3v) is 2.27. The van der Waals surface area contributed by atoms with Crippen molar-refractivity contribution in [1.82, 2.24) is 0 Å².